The molecule has 6 heteroatoms. The minimum Gasteiger partial charge on any atom is -0.478 e. The minimum absolute atomic E-state index is 0.313. The summed E-state index contributed by atoms with van der Waals surface area (Å²) in [6.45, 7) is 1.47. The number of carboxylic acids is 1. The molecule has 5 nitrogen and oxygen atoms in total. The van der Waals surface area contributed by atoms with Crippen molar-refractivity contribution >= 4 is 29.5 Å². The number of thiophene rings is 1. The lowest BCUT2D eigenvalue weighted by Crippen LogP contribution is -2.23. The molecule has 17 heavy (non-hydrogen) atoms. The number of hydrogen-bond acceptors (Lipinski definition) is 4. The molecule has 1 aliphatic rings. The lowest BCUT2D eigenvalue weighted by molar-refractivity contribution is -0.131. The predicted octanol–water partition coefficient (Wildman–Crippen LogP) is 1.80. The van der Waals surface area contributed by atoms with E-state index in [0.717, 1.165) is 16.5 Å². The van der Waals surface area contributed by atoms with Crippen LogP contribution in [-0.4, -0.2) is 35.2 Å². The third-order valence-electron chi connectivity index (χ3n) is 2.36. The van der Waals surface area contributed by atoms with E-state index in [-0.39, 0.29) is 6.09 Å². The highest BCUT2D eigenvalue weighted by Crippen LogP contribution is 2.21. The Hall–Kier alpha value is -1.82. The van der Waals surface area contributed by atoms with Crippen LogP contribution in [0.5, 0.6) is 0 Å². The van der Waals surface area contributed by atoms with E-state index < -0.39 is 5.97 Å². The first-order chi connectivity index (χ1) is 8.16. The van der Waals surface area contributed by atoms with Crippen molar-refractivity contribution in [1.82, 2.24) is 4.90 Å². The predicted molar refractivity (Wildman–Crippen MR) is 62.7 cm³/mol. The van der Waals surface area contributed by atoms with E-state index in [4.69, 9.17) is 9.84 Å². The lowest BCUT2D eigenvalue weighted by atomic mass is 10.2. The molecular weight excluding hydrogens is 242 g/mol. The summed E-state index contributed by atoms with van der Waals surface area (Å²) in [5.74, 6) is -0.984. The van der Waals surface area contributed by atoms with Gasteiger partial charge in [-0.25, -0.2) is 9.59 Å². The van der Waals surface area contributed by atoms with Crippen LogP contribution in [0.15, 0.2) is 17.5 Å². The smallest absolute Gasteiger partial charge is 0.410 e. The molecule has 1 aromatic rings. The summed E-state index contributed by atoms with van der Waals surface area (Å²) in [5, 5.41) is 10.4. The van der Waals surface area contributed by atoms with Gasteiger partial charge in [0, 0.05) is 11.0 Å². The Balaban J connectivity index is 2.08. The third-order valence-corrected chi connectivity index (χ3v) is 3.29. The third kappa shape index (κ3) is 2.85. The van der Waals surface area contributed by atoms with Crippen LogP contribution in [0, 0.1) is 0 Å². The maximum atomic E-state index is 11.3. The molecule has 90 valence electrons. The molecule has 2 rings (SSSR count). The molecule has 0 radical (unpaired) electrons. The van der Waals surface area contributed by atoms with Crippen molar-refractivity contribution in [3.05, 3.63) is 28.0 Å². The number of aliphatic carboxylic acids is 1. The number of ether oxygens (including phenoxy) is 1. The van der Waals surface area contributed by atoms with Crippen molar-refractivity contribution in [2.24, 2.45) is 0 Å². The quantitative estimate of drug-likeness (QED) is 0.831. The van der Waals surface area contributed by atoms with E-state index in [0.29, 0.717) is 19.7 Å². The number of nitrogens with zero attached hydrogens (tertiary/aromatic N) is 1. The van der Waals surface area contributed by atoms with Crippen molar-refractivity contribution in [1.29, 1.82) is 0 Å². The SMILES string of the molecule is O=C(O)C=Cc1ccsc1CN1CCOC1=O. The molecule has 0 saturated carbocycles. The summed E-state index contributed by atoms with van der Waals surface area (Å²) in [6.07, 6.45) is 2.32. The van der Waals surface area contributed by atoms with Gasteiger partial charge < -0.3 is 9.84 Å². The highest BCUT2D eigenvalue weighted by atomic mass is 32.1. The second-order valence-electron chi connectivity index (χ2n) is 3.51. The van der Waals surface area contributed by atoms with E-state index in [1.165, 1.54) is 17.4 Å². The fourth-order valence-electron chi connectivity index (χ4n) is 1.53. The molecule has 0 unspecified atom stereocenters. The van der Waals surface area contributed by atoms with Gasteiger partial charge >= 0.3 is 12.1 Å². The molecule has 0 atom stereocenters. The van der Waals surface area contributed by atoms with Crippen molar-refractivity contribution < 1.29 is 19.4 Å². The maximum absolute atomic E-state index is 11.3. The Morgan fingerprint density at radius 2 is 2.47 bits per heavy atom. The molecule has 2 heterocycles. The summed E-state index contributed by atoms with van der Waals surface area (Å²) in [7, 11) is 0. The topological polar surface area (TPSA) is 66.8 Å². The summed E-state index contributed by atoms with van der Waals surface area (Å²) in [4.78, 5) is 24.3. The van der Waals surface area contributed by atoms with Crippen LogP contribution in [0.25, 0.3) is 6.08 Å². The molecule has 0 spiro atoms. The van der Waals surface area contributed by atoms with Gasteiger partial charge in [0.1, 0.15) is 6.61 Å². The summed E-state index contributed by atoms with van der Waals surface area (Å²) in [5.41, 5.74) is 0.831. The largest absolute Gasteiger partial charge is 0.478 e. The van der Waals surface area contributed by atoms with Gasteiger partial charge in [-0.2, -0.15) is 0 Å². The van der Waals surface area contributed by atoms with E-state index in [9.17, 15) is 9.59 Å². The van der Waals surface area contributed by atoms with E-state index in [1.807, 2.05) is 11.4 Å². The van der Waals surface area contributed by atoms with Gasteiger partial charge in [0.15, 0.2) is 0 Å². The summed E-state index contributed by atoms with van der Waals surface area (Å²) in [6, 6.07) is 1.83. The number of hydrogen-bond donors (Lipinski definition) is 1. The fourth-order valence-corrected chi connectivity index (χ4v) is 2.41. The Morgan fingerprint density at radius 1 is 1.65 bits per heavy atom. The van der Waals surface area contributed by atoms with Crippen LogP contribution in [0.3, 0.4) is 0 Å². The molecule has 1 N–H and O–H groups in total. The van der Waals surface area contributed by atoms with Gasteiger partial charge in [-0.1, -0.05) is 0 Å². The molecule has 1 amide bonds. The molecule has 1 fully saturated rings. The van der Waals surface area contributed by atoms with Gasteiger partial charge in [-0.05, 0) is 23.1 Å². The minimum atomic E-state index is -0.984. The average Bonchev–Trinajstić information content (AvgIpc) is 2.87. The number of cyclic esters (lactones) is 1. The fraction of sp³-hybridized carbons (Fsp3) is 0.273. The number of amides is 1. The van der Waals surface area contributed by atoms with Crippen LogP contribution in [-0.2, 0) is 16.1 Å². The van der Waals surface area contributed by atoms with E-state index in [2.05, 4.69) is 0 Å². The Labute approximate surface area is 102 Å². The van der Waals surface area contributed by atoms with Gasteiger partial charge in [-0.15, -0.1) is 11.3 Å². The van der Waals surface area contributed by atoms with Crippen LogP contribution in [0.4, 0.5) is 4.79 Å². The zero-order valence-corrected chi connectivity index (χ0v) is 9.77. The Kier molecular flexibility index (Phi) is 3.43. The Bertz CT molecular complexity index is 466. The van der Waals surface area contributed by atoms with Crippen LogP contribution < -0.4 is 0 Å². The standard InChI is InChI=1S/C11H11NO4S/c13-10(14)2-1-8-3-6-17-9(8)7-12-4-5-16-11(12)15/h1-3,6H,4-5,7H2,(H,13,14). The first-order valence-corrected chi connectivity index (χ1v) is 5.94. The zero-order valence-electron chi connectivity index (χ0n) is 8.96. The monoisotopic (exact) mass is 253 g/mol. The van der Waals surface area contributed by atoms with Crippen LogP contribution in [0.2, 0.25) is 0 Å². The highest BCUT2D eigenvalue weighted by Gasteiger charge is 2.22. The Morgan fingerprint density at radius 3 is 3.12 bits per heavy atom. The number of rotatable bonds is 4. The first-order valence-electron chi connectivity index (χ1n) is 5.06. The van der Waals surface area contributed by atoms with E-state index >= 15 is 0 Å². The molecule has 1 saturated heterocycles. The number of carbonyl (C=O) groups is 2. The first kappa shape index (κ1) is 11.7. The molecular formula is C11H11NO4S. The molecule has 0 bridgehead atoms. The van der Waals surface area contributed by atoms with Gasteiger partial charge in [-0.3, -0.25) is 4.90 Å². The highest BCUT2D eigenvalue weighted by molar-refractivity contribution is 7.10. The number of carbonyl (C=O) groups excluding carboxylic acids is 1. The van der Waals surface area contributed by atoms with Crippen molar-refractivity contribution in [2.45, 2.75) is 6.54 Å². The van der Waals surface area contributed by atoms with Gasteiger partial charge in [0.2, 0.25) is 0 Å². The zero-order chi connectivity index (χ0) is 12.3. The normalized spacial score (nSPS) is 15.5. The molecule has 1 aromatic heterocycles. The van der Waals surface area contributed by atoms with Crippen LogP contribution >= 0.6 is 11.3 Å². The summed E-state index contributed by atoms with van der Waals surface area (Å²) >= 11 is 1.50. The summed E-state index contributed by atoms with van der Waals surface area (Å²) < 4.78 is 4.83. The molecule has 0 aliphatic carbocycles. The average molecular weight is 253 g/mol. The van der Waals surface area contributed by atoms with Gasteiger partial charge in [0.05, 0.1) is 13.1 Å². The number of carboxylic acid groups (broad SMARTS) is 1. The van der Waals surface area contributed by atoms with Crippen molar-refractivity contribution in [3.63, 3.8) is 0 Å². The van der Waals surface area contributed by atoms with Gasteiger partial charge in [0.25, 0.3) is 0 Å². The second-order valence-corrected chi connectivity index (χ2v) is 4.51. The van der Waals surface area contributed by atoms with Crippen molar-refractivity contribution in [2.75, 3.05) is 13.2 Å². The lowest BCUT2D eigenvalue weighted by Gasteiger charge is -2.11. The van der Waals surface area contributed by atoms with Crippen LogP contribution in [0.1, 0.15) is 10.4 Å². The van der Waals surface area contributed by atoms with Crippen molar-refractivity contribution in [3.8, 4) is 0 Å². The maximum Gasteiger partial charge on any atom is 0.410 e. The second kappa shape index (κ2) is 5.01. The molecule has 1 aliphatic heterocycles. The molecule has 0 aromatic carbocycles. The van der Waals surface area contributed by atoms with E-state index in [1.54, 1.807) is 4.90 Å².